The van der Waals surface area contributed by atoms with Gasteiger partial charge in [-0.3, -0.25) is 9.59 Å². The Hall–Kier alpha value is -4.24. The highest BCUT2D eigenvalue weighted by atomic mass is 32.2. The highest BCUT2D eigenvalue weighted by Gasteiger charge is 2.16. The standard InChI is InChI=1S/C27H24N6O2S/c1-18-6-5-7-20(14-18)16-32-23(11-13-29-32)31-25(34)17-36-27-30-22-9-4-3-8-21(22)26(35)33(27)24-15-19(2)10-12-28-24/h3-15H,16-17H2,1-2H3,(H,31,34). The van der Waals surface area contributed by atoms with Gasteiger partial charge in [-0.2, -0.15) is 5.10 Å². The van der Waals surface area contributed by atoms with Crippen LogP contribution in [0.5, 0.6) is 0 Å². The lowest BCUT2D eigenvalue weighted by atomic mass is 10.1. The highest BCUT2D eigenvalue weighted by Crippen LogP contribution is 2.21. The van der Waals surface area contributed by atoms with Crippen molar-refractivity contribution in [3.05, 3.63) is 106 Å². The summed E-state index contributed by atoms with van der Waals surface area (Å²) in [5.41, 5.74) is 3.58. The number of benzene rings is 2. The smallest absolute Gasteiger partial charge is 0.267 e. The summed E-state index contributed by atoms with van der Waals surface area (Å²) in [4.78, 5) is 35.3. The molecule has 0 saturated heterocycles. The van der Waals surface area contributed by atoms with Crippen LogP contribution in [-0.2, 0) is 11.3 Å². The number of aryl methyl sites for hydroxylation is 2. The van der Waals surface area contributed by atoms with Gasteiger partial charge in [0.1, 0.15) is 11.6 Å². The molecule has 3 aromatic heterocycles. The fourth-order valence-electron chi connectivity index (χ4n) is 3.91. The molecule has 1 N–H and O–H groups in total. The molecule has 3 heterocycles. The summed E-state index contributed by atoms with van der Waals surface area (Å²) >= 11 is 1.19. The van der Waals surface area contributed by atoms with Gasteiger partial charge in [0.15, 0.2) is 5.16 Å². The van der Waals surface area contributed by atoms with Crippen LogP contribution < -0.4 is 10.9 Å². The van der Waals surface area contributed by atoms with Gasteiger partial charge in [-0.1, -0.05) is 53.7 Å². The van der Waals surface area contributed by atoms with Gasteiger partial charge in [0.25, 0.3) is 5.56 Å². The molecule has 9 heteroatoms. The molecule has 0 saturated carbocycles. The summed E-state index contributed by atoms with van der Waals surface area (Å²) < 4.78 is 3.22. The first kappa shape index (κ1) is 23.5. The third kappa shape index (κ3) is 5.06. The Morgan fingerprint density at radius 2 is 1.81 bits per heavy atom. The summed E-state index contributed by atoms with van der Waals surface area (Å²) in [5.74, 6) is 0.910. The van der Waals surface area contributed by atoms with E-state index in [1.807, 2.05) is 50.2 Å². The van der Waals surface area contributed by atoms with Gasteiger partial charge in [0.2, 0.25) is 5.91 Å². The van der Waals surface area contributed by atoms with Crippen LogP contribution in [0.25, 0.3) is 16.7 Å². The van der Waals surface area contributed by atoms with Crippen LogP contribution in [0.2, 0.25) is 0 Å². The van der Waals surface area contributed by atoms with Crippen LogP contribution in [-0.4, -0.2) is 36.0 Å². The molecule has 0 aliphatic carbocycles. The van der Waals surface area contributed by atoms with Gasteiger partial charge < -0.3 is 5.32 Å². The maximum Gasteiger partial charge on any atom is 0.267 e. The van der Waals surface area contributed by atoms with E-state index in [1.54, 1.807) is 41.3 Å². The van der Waals surface area contributed by atoms with Gasteiger partial charge in [-0.05, 0) is 49.2 Å². The average Bonchev–Trinajstić information content (AvgIpc) is 3.29. The van der Waals surface area contributed by atoms with E-state index in [0.717, 1.165) is 11.1 Å². The average molecular weight is 497 g/mol. The van der Waals surface area contributed by atoms with Crippen LogP contribution in [0.1, 0.15) is 16.7 Å². The molecule has 0 aliphatic heterocycles. The van der Waals surface area contributed by atoms with E-state index in [4.69, 9.17) is 0 Å². The number of carbonyl (C=O) groups is 1. The Bertz CT molecular complexity index is 1620. The Morgan fingerprint density at radius 1 is 0.972 bits per heavy atom. The Labute approximate surface area is 212 Å². The molecular weight excluding hydrogens is 472 g/mol. The Kier molecular flexibility index (Phi) is 6.64. The van der Waals surface area contributed by atoms with E-state index >= 15 is 0 Å². The lowest BCUT2D eigenvalue weighted by Crippen LogP contribution is -2.24. The lowest BCUT2D eigenvalue weighted by molar-refractivity contribution is -0.113. The van der Waals surface area contributed by atoms with Crippen LogP contribution in [0, 0.1) is 13.8 Å². The first-order chi connectivity index (χ1) is 17.5. The number of carbonyl (C=O) groups excluding carboxylic acids is 1. The molecule has 0 unspecified atom stereocenters. The van der Waals surface area contributed by atoms with Crippen molar-refractivity contribution in [2.75, 3.05) is 11.1 Å². The van der Waals surface area contributed by atoms with E-state index in [9.17, 15) is 9.59 Å². The minimum atomic E-state index is -0.225. The third-order valence-corrected chi connectivity index (χ3v) is 6.54. The topological polar surface area (TPSA) is 94.7 Å². The zero-order chi connectivity index (χ0) is 25.1. The monoisotopic (exact) mass is 496 g/mol. The molecule has 5 rings (SSSR count). The molecule has 0 atom stereocenters. The van der Waals surface area contributed by atoms with E-state index in [1.165, 1.54) is 21.9 Å². The number of hydrogen-bond acceptors (Lipinski definition) is 6. The lowest BCUT2D eigenvalue weighted by Gasteiger charge is -2.13. The first-order valence-electron chi connectivity index (χ1n) is 11.4. The van der Waals surface area contributed by atoms with Crippen molar-refractivity contribution in [2.45, 2.75) is 25.5 Å². The van der Waals surface area contributed by atoms with E-state index in [-0.39, 0.29) is 17.2 Å². The number of para-hydroxylation sites is 1. The molecule has 1 amide bonds. The minimum absolute atomic E-state index is 0.0617. The first-order valence-corrected chi connectivity index (χ1v) is 12.4. The van der Waals surface area contributed by atoms with Gasteiger partial charge in [0.05, 0.1) is 29.4 Å². The number of hydrogen-bond donors (Lipinski definition) is 1. The van der Waals surface area contributed by atoms with Crippen LogP contribution in [0.4, 0.5) is 5.82 Å². The minimum Gasteiger partial charge on any atom is -0.310 e. The number of thioether (sulfide) groups is 1. The fraction of sp³-hybridized carbons (Fsp3) is 0.148. The molecule has 0 aliphatic rings. The predicted molar refractivity (Wildman–Crippen MR) is 142 cm³/mol. The van der Waals surface area contributed by atoms with E-state index in [2.05, 4.69) is 26.4 Å². The molecule has 5 aromatic rings. The Balaban J connectivity index is 1.38. The number of nitrogens with zero attached hydrogens (tertiary/aromatic N) is 5. The van der Waals surface area contributed by atoms with Crippen LogP contribution >= 0.6 is 11.8 Å². The molecule has 0 radical (unpaired) electrons. The molecule has 0 spiro atoms. The number of nitrogens with one attached hydrogen (secondary N) is 1. The van der Waals surface area contributed by atoms with Crippen molar-refractivity contribution in [1.29, 1.82) is 0 Å². The second kappa shape index (κ2) is 10.2. The van der Waals surface area contributed by atoms with Crippen molar-refractivity contribution >= 4 is 34.4 Å². The number of aromatic nitrogens is 5. The fourth-order valence-corrected chi connectivity index (χ4v) is 4.71. The van der Waals surface area contributed by atoms with Crippen molar-refractivity contribution in [1.82, 2.24) is 24.3 Å². The maximum absolute atomic E-state index is 13.4. The number of amides is 1. The summed E-state index contributed by atoms with van der Waals surface area (Å²) in [5, 5.41) is 8.17. The molecule has 180 valence electrons. The molecule has 2 aromatic carbocycles. The molecule has 0 bridgehead atoms. The normalized spacial score (nSPS) is 11.1. The van der Waals surface area contributed by atoms with Crippen LogP contribution in [0.15, 0.2) is 89.1 Å². The van der Waals surface area contributed by atoms with Gasteiger partial charge in [-0.15, -0.1) is 0 Å². The second-order valence-electron chi connectivity index (χ2n) is 8.44. The maximum atomic E-state index is 13.4. The quantitative estimate of drug-likeness (QED) is 0.266. The third-order valence-electron chi connectivity index (χ3n) is 5.61. The summed E-state index contributed by atoms with van der Waals surface area (Å²) in [6, 6.07) is 20.8. The van der Waals surface area contributed by atoms with Gasteiger partial charge in [-0.25, -0.2) is 19.2 Å². The van der Waals surface area contributed by atoms with Crippen molar-refractivity contribution in [2.24, 2.45) is 0 Å². The summed E-state index contributed by atoms with van der Waals surface area (Å²) in [6.07, 6.45) is 3.31. The number of anilines is 1. The largest absolute Gasteiger partial charge is 0.310 e. The van der Waals surface area contributed by atoms with Gasteiger partial charge >= 0.3 is 0 Å². The molecule has 8 nitrogen and oxygen atoms in total. The van der Waals surface area contributed by atoms with Crippen molar-refractivity contribution in [3.8, 4) is 5.82 Å². The number of rotatable bonds is 7. The second-order valence-corrected chi connectivity index (χ2v) is 9.39. The van der Waals surface area contributed by atoms with E-state index in [0.29, 0.717) is 34.2 Å². The molecular formula is C27H24N6O2S. The highest BCUT2D eigenvalue weighted by molar-refractivity contribution is 7.99. The summed E-state index contributed by atoms with van der Waals surface area (Å²) in [7, 11) is 0. The predicted octanol–water partition coefficient (Wildman–Crippen LogP) is 4.37. The Morgan fingerprint density at radius 3 is 2.64 bits per heavy atom. The molecule has 36 heavy (non-hydrogen) atoms. The zero-order valence-electron chi connectivity index (χ0n) is 19.9. The van der Waals surface area contributed by atoms with Crippen LogP contribution in [0.3, 0.4) is 0 Å². The van der Waals surface area contributed by atoms with Crippen molar-refractivity contribution < 1.29 is 4.79 Å². The zero-order valence-corrected chi connectivity index (χ0v) is 20.7. The number of fused-ring (bicyclic) bond motifs is 1. The number of pyridine rings is 1. The van der Waals surface area contributed by atoms with Gasteiger partial charge in [0, 0.05) is 12.3 Å². The SMILES string of the molecule is Cc1cccc(Cn2nccc2NC(=O)CSc2nc3ccccc3c(=O)n2-c2cc(C)ccn2)c1. The molecule has 0 fully saturated rings. The van der Waals surface area contributed by atoms with E-state index < -0.39 is 0 Å². The van der Waals surface area contributed by atoms with Crippen molar-refractivity contribution in [3.63, 3.8) is 0 Å². The summed E-state index contributed by atoms with van der Waals surface area (Å²) in [6.45, 7) is 4.52.